The van der Waals surface area contributed by atoms with E-state index in [1.54, 1.807) is 0 Å². The third kappa shape index (κ3) is 3.36. The monoisotopic (exact) mass is 290 g/mol. The Balaban J connectivity index is 1.51. The SMILES string of the molecule is O=C(NCC1CCSCC1)C1Cc2ccccc2CN1. The number of thioether (sulfide) groups is 1. The minimum atomic E-state index is -0.0668. The first-order valence-electron chi connectivity index (χ1n) is 7.48. The molecular weight excluding hydrogens is 268 g/mol. The van der Waals surface area contributed by atoms with E-state index in [0.717, 1.165) is 19.5 Å². The van der Waals surface area contributed by atoms with Crippen LogP contribution >= 0.6 is 11.8 Å². The highest BCUT2D eigenvalue weighted by atomic mass is 32.2. The van der Waals surface area contributed by atoms with Crippen LogP contribution in [0, 0.1) is 5.92 Å². The second kappa shape index (κ2) is 6.64. The number of amides is 1. The standard InChI is InChI=1S/C16H22N2OS/c19-16(18-10-12-5-7-20-8-6-12)15-9-13-3-1-2-4-14(13)11-17-15/h1-4,12,15,17H,5-11H2,(H,18,19). The minimum Gasteiger partial charge on any atom is -0.354 e. The molecule has 0 aliphatic carbocycles. The highest BCUT2D eigenvalue weighted by molar-refractivity contribution is 7.99. The molecule has 2 aliphatic heterocycles. The molecule has 108 valence electrons. The topological polar surface area (TPSA) is 41.1 Å². The van der Waals surface area contributed by atoms with Gasteiger partial charge in [-0.1, -0.05) is 24.3 Å². The van der Waals surface area contributed by atoms with E-state index in [4.69, 9.17) is 0 Å². The molecule has 4 heteroatoms. The number of carbonyl (C=O) groups excluding carboxylic acids is 1. The van der Waals surface area contributed by atoms with E-state index < -0.39 is 0 Å². The van der Waals surface area contributed by atoms with Crippen LogP contribution in [0.3, 0.4) is 0 Å². The van der Waals surface area contributed by atoms with E-state index in [2.05, 4.69) is 34.9 Å². The molecule has 0 bridgehead atoms. The van der Waals surface area contributed by atoms with Crippen molar-refractivity contribution in [2.45, 2.75) is 31.8 Å². The summed E-state index contributed by atoms with van der Waals surface area (Å²) in [6.07, 6.45) is 3.29. The maximum atomic E-state index is 12.3. The van der Waals surface area contributed by atoms with Crippen LogP contribution in [0.2, 0.25) is 0 Å². The van der Waals surface area contributed by atoms with E-state index in [-0.39, 0.29) is 11.9 Å². The van der Waals surface area contributed by atoms with Gasteiger partial charge < -0.3 is 10.6 Å². The Hall–Kier alpha value is -1.00. The molecule has 0 aromatic heterocycles. The Morgan fingerprint density at radius 3 is 2.80 bits per heavy atom. The molecule has 1 unspecified atom stereocenters. The lowest BCUT2D eigenvalue weighted by Gasteiger charge is -2.27. The van der Waals surface area contributed by atoms with Crippen molar-refractivity contribution in [2.75, 3.05) is 18.1 Å². The molecule has 0 spiro atoms. The summed E-state index contributed by atoms with van der Waals surface area (Å²) < 4.78 is 0. The Kier molecular flexibility index (Phi) is 4.63. The maximum Gasteiger partial charge on any atom is 0.237 e. The van der Waals surface area contributed by atoms with E-state index in [9.17, 15) is 4.79 Å². The molecule has 3 rings (SSSR count). The summed E-state index contributed by atoms with van der Waals surface area (Å²) in [6, 6.07) is 8.31. The van der Waals surface area contributed by atoms with Gasteiger partial charge in [0.25, 0.3) is 0 Å². The zero-order chi connectivity index (χ0) is 13.8. The fraction of sp³-hybridized carbons (Fsp3) is 0.562. The minimum absolute atomic E-state index is 0.0668. The Morgan fingerprint density at radius 2 is 2.00 bits per heavy atom. The smallest absolute Gasteiger partial charge is 0.237 e. The predicted molar refractivity (Wildman–Crippen MR) is 83.8 cm³/mol. The summed E-state index contributed by atoms with van der Waals surface area (Å²) in [5, 5.41) is 6.49. The van der Waals surface area contributed by atoms with E-state index >= 15 is 0 Å². The molecule has 1 amide bonds. The Labute approximate surface area is 124 Å². The third-order valence-corrected chi connectivity index (χ3v) is 5.35. The van der Waals surface area contributed by atoms with Crippen molar-refractivity contribution < 1.29 is 4.79 Å². The lowest BCUT2D eigenvalue weighted by atomic mass is 9.95. The van der Waals surface area contributed by atoms with Gasteiger partial charge >= 0.3 is 0 Å². The summed E-state index contributed by atoms with van der Waals surface area (Å²) in [5.41, 5.74) is 2.63. The number of nitrogens with one attached hydrogen (secondary N) is 2. The molecule has 0 radical (unpaired) electrons. The summed E-state index contributed by atoms with van der Waals surface area (Å²) in [4.78, 5) is 12.3. The molecular formula is C16H22N2OS. The summed E-state index contributed by atoms with van der Waals surface area (Å²) >= 11 is 2.03. The molecule has 1 saturated heterocycles. The van der Waals surface area contributed by atoms with Crippen LogP contribution in [-0.2, 0) is 17.8 Å². The fourth-order valence-corrected chi connectivity index (χ4v) is 4.16. The lowest BCUT2D eigenvalue weighted by molar-refractivity contribution is -0.123. The van der Waals surface area contributed by atoms with Crippen LogP contribution in [0.1, 0.15) is 24.0 Å². The van der Waals surface area contributed by atoms with Gasteiger partial charge in [-0.2, -0.15) is 11.8 Å². The predicted octanol–water partition coefficient (Wildman–Crippen LogP) is 1.96. The van der Waals surface area contributed by atoms with Crippen LogP contribution < -0.4 is 10.6 Å². The Morgan fingerprint density at radius 1 is 1.25 bits per heavy atom. The highest BCUT2D eigenvalue weighted by Gasteiger charge is 2.24. The quantitative estimate of drug-likeness (QED) is 0.894. The average molecular weight is 290 g/mol. The van der Waals surface area contributed by atoms with Gasteiger partial charge in [-0.05, 0) is 47.8 Å². The number of hydrogen-bond acceptors (Lipinski definition) is 3. The van der Waals surface area contributed by atoms with E-state index in [1.807, 2.05) is 11.8 Å². The van der Waals surface area contributed by atoms with Crippen LogP contribution in [0.5, 0.6) is 0 Å². The van der Waals surface area contributed by atoms with Crippen molar-refractivity contribution >= 4 is 17.7 Å². The molecule has 3 nitrogen and oxygen atoms in total. The van der Waals surface area contributed by atoms with Gasteiger partial charge in [-0.15, -0.1) is 0 Å². The van der Waals surface area contributed by atoms with Gasteiger partial charge in [-0.25, -0.2) is 0 Å². The second-order valence-electron chi connectivity index (χ2n) is 5.71. The van der Waals surface area contributed by atoms with Gasteiger partial charge in [0.15, 0.2) is 0 Å². The molecule has 1 aromatic carbocycles. The molecule has 2 heterocycles. The van der Waals surface area contributed by atoms with Crippen LogP contribution in [0.15, 0.2) is 24.3 Å². The number of fused-ring (bicyclic) bond motifs is 1. The van der Waals surface area contributed by atoms with Gasteiger partial charge in [0, 0.05) is 13.1 Å². The fourth-order valence-electron chi connectivity index (χ4n) is 2.96. The summed E-state index contributed by atoms with van der Waals surface area (Å²) in [6.45, 7) is 1.65. The van der Waals surface area contributed by atoms with Crippen LogP contribution in [0.25, 0.3) is 0 Å². The third-order valence-electron chi connectivity index (χ3n) is 4.30. The van der Waals surface area contributed by atoms with Crippen molar-refractivity contribution in [1.82, 2.24) is 10.6 Å². The summed E-state index contributed by atoms with van der Waals surface area (Å²) in [5.74, 6) is 3.33. The van der Waals surface area contributed by atoms with Crippen LogP contribution in [0.4, 0.5) is 0 Å². The van der Waals surface area contributed by atoms with E-state index in [0.29, 0.717) is 5.92 Å². The van der Waals surface area contributed by atoms with Crippen molar-refractivity contribution in [3.8, 4) is 0 Å². The van der Waals surface area contributed by atoms with Crippen molar-refractivity contribution in [2.24, 2.45) is 5.92 Å². The summed E-state index contributed by atoms with van der Waals surface area (Å²) in [7, 11) is 0. The number of benzene rings is 1. The molecule has 0 saturated carbocycles. The first-order chi connectivity index (χ1) is 9.83. The molecule has 1 atom stereocenters. The van der Waals surface area contributed by atoms with E-state index in [1.165, 1.54) is 35.5 Å². The van der Waals surface area contributed by atoms with Crippen molar-refractivity contribution in [3.05, 3.63) is 35.4 Å². The molecule has 2 N–H and O–H groups in total. The molecule has 1 fully saturated rings. The Bertz CT molecular complexity index is 471. The van der Waals surface area contributed by atoms with Crippen molar-refractivity contribution in [3.63, 3.8) is 0 Å². The first kappa shape index (κ1) is 14.0. The first-order valence-corrected chi connectivity index (χ1v) is 8.64. The van der Waals surface area contributed by atoms with Gasteiger partial charge in [-0.3, -0.25) is 4.79 Å². The molecule has 1 aromatic rings. The average Bonchev–Trinajstić information content (AvgIpc) is 2.53. The zero-order valence-electron chi connectivity index (χ0n) is 11.7. The second-order valence-corrected chi connectivity index (χ2v) is 6.93. The van der Waals surface area contributed by atoms with Crippen molar-refractivity contribution in [1.29, 1.82) is 0 Å². The number of rotatable bonds is 3. The number of carbonyl (C=O) groups is 1. The largest absolute Gasteiger partial charge is 0.354 e. The van der Waals surface area contributed by atoms with Gasteiger partial charge in [0.2, 0.25) is 5.91 Å². The van der Waals surface area contributed by atoms with Crippen LogP contribution in [-0.4, -0.2) is 30.0 Å². The lowest BCUT2D eigenvalue weighted by Crippen LogP contribution is -2.48. The molecule has 20 heavy (non-hydrogen) atoms. The molecule has 2 aliphatic rings. The highest BCUT2D eigenvalue weighted by Crippen LogP contribution is 2.22. The van der Waals surface area contributed by atoms with Gasteiger partial charge in [0.1, 0.15) is 0 Å². The zero-order valence-corrected chi connectivity index (χ0v) is 12.5. The van der Waals surface area contributed by atoms with Gasteiger partial charge in [0.05, 0.1) is 6.04 Å². The number of hydrogen-bond donors (Lipinski definition) is 2. The maximum absolute atomic E-state index is 12.3. The normalized spacial score (nSPS) is 23.1.